The molecule has 0 saturated carbocycles. The average Bonchev–Trinajstić information content (AvgIpc) is 2.61. The summed E-state index contributed by atoms with van der Waals surface area (Å²) in [6.07, 6.45) is 2.46. The highest BCUT2D eigenvalue weighted by Gasteiger charge is 2.31. The fourth-order valence-corrected chi connectivity index (χ4v) is 3.02. The molecule has 3 atom stereocenters. The highest BCUT2D eigenvalue weighted by Crippen LogP contribution is 2.23. The summed E-state index contributed by atoms with van der Waals surface area (Å²) in [5, 5.41) is 3.32. The molecule has 19 heavy (non-hydrogen) atoms. The predicted octanol–water partition coefficient (Wildman–Crippen LogP) is 1.52. The third-order valence-corrected chi connectivity index (χ3v) is 4.27. The quantitative estimate of drug-likeness (QED) is 0.840. The number of halogens is 2. The Bertz CT molecular complexity index is 281. The van der Waals surface area contributed by atoms with Crippen molar-refractivity contribution in [2.24, 2.45) is 0 Å². The number of carbonyl (C=O) groups excluding carboxylic acids is 1. The van der Waals surface area contributed by atoms with Crippen molar-refractivity contribution in [3.63, 3.8) is 0 Å². The van der Waals surface area contributed by atoms with Gasteiger partial charge in [-0.1, -0.05) is 0 Å². The fraction of sp³-hybridized carbons (Fsp3) is 0.923. The van der Waals surface area contributed by atoms with Crippen LogP contribution in [0.4, 0.5) is 0 Å². The smallest absolute Gasteiger partial charge is 0.237 e. The van der Waals surface area contributed by atoms with E-state index in [0.717, 1.165) is 19.6 Å². The Kier molecular flexibility index (Phi) is 8.29. The lowest BCUT2D eigenvalue weighted by Gasteiger charge is -2.36. The maximum atomic E-state index is 12.3. The van der Waals surface area contributed by atoms with Crippen molar-refractivity contribution >= 4 is 30.7 Å². The molecule has 2 fully saturated rings. The molecule has 0 aromatic rings. The van der Waals surface area contributed by atoms with E-state index in [9.17, 15) is 4.79 Å². The van der Waals surface area contributed by atoms with Crippen LogP contribution in [0.25, 0.3) is 0 Å². The number of rotatable bonds is 2. The predicted molar refractivity (Wildman–Crippen MR) is 83.4 cm³/mol. The van der Waals surface area contributed by atoms with E-state index in [1.165, 1.54) is 12.8 Å². The van der Waals surface area contributed by atoms with Gasteiger partial charge in [0, 0.05) is 37.8 Å². The number of likely N-dealkylation sites (tertiary alicyclic amines) is 1. The number of nitrogens with one attached hydrogen (secondary N) is 1. The lowest BCUT2D eigenvalue weighted by molar-refractivity contribution is -0.135. The second kappa shape index (κ2) is 8.30. The topological polar surface area (TPSA) is 35.6 Å². The van der Waals surface area contributed by atoms with Crippen molar-refractivity contribution in [2.45, 2.75) is 51.7 Å². The lowest BCUT2D eigenvalue weighted by atomic mass is 10.2. The highest BCUT2D eigenvalue weighted by atomic mass is 35.5. The number of piperazine rings is 1. The van der Waals surface area contributed by atoms with Gasteiger partial charge in [-0.2, -0.15) is 0 Å². The number of hydrogen-bond donors (Lipinski definition) is 1. The van der Waals surface area contributed by atoms with E-state index in [1.54, 1.807) is 0 Å². The van der Waals surface area contributed by atoms with Crippen LogP contribution >= 0.6 is 24.8 Å². The molecular formula is C13H27Cl2N3O. The van der Waals surface area contributed by atoms with Crippen LogP contribution in [-0.4, -0.2) is 60.0 Å². The van der Waals surface area contributed by atoms with Crippen molar-refractivity contribution in [1.29, 1.82) is 0 Å². The van der Waals surface area contributed by atoms with Gasteiger partial charge in [-0.15, -0.1) is 24.8 Å². The van der Waals surface area contributed by atoms with E-state index in [2.05, 4.69) is 31.0 Å². The lowest BCUT2D eigenvalue weighted by Crippen LogP contribution is -2.55. The zero-order valence-electron chi connectivity index (χ0n) is 12.1. The molecule has 2 aliphatic rings. The van der Waals surface area contributed by atoms with Gasteiger partial charge >= 0.3 is 0 Å². The molecule has 6 heteroatoms. The first-order chi connectivity index (χ1) is 8.09. The van der Waals surface area contributed by atoms with Gasteiger partial charge < -0.3 is 10.2 Å². The van der Waals surface area contributed by atoms with Crippen LogP contribution in [0.5, 0.6) is 0 Å². The Hall–Kier alpha value is -0.0300. The zero-order chi connectivity index (χ0) is 12.4. The number of amides is 1. The van der Waals surface area contributed by atoms with Crippen LogP contribution in [0.1, 0.15) is 33.6 Å². The second-order valence-electron chi connectivity index (χ2n) is 5.59. The largest absolute Gasteiger partial charge is 0.336 e. The minimum absolute atomic E-state index is 0. The molecule has 2 saturated heterocycles. The number of carbonyl (C=O) groups is 1. The first kappa shape index (κ1) is 19.0. The van der Waals surface area contributed by atoms with E-state index < -0.39 is 0 Å². The molecule has 114 valence electrons. The summed E-state index contributed by atoms with van der Waals surface area (Å²) < 4.78 is 0. The number of hydrogen-bond acceptors (Lipinski definition) is 3. The van der Waals surface area contributed by atoms with E-state index in [1.807, 2.05) is 4.90 Å². The summed E-state index contributed by atoms with van der Waals surface area (Å²) in [4.78, 5) is 16.7. The normalized spacial score (nSPS) is 31.5. The molecule has 0 aliphatic carbocycles. The summed E-state index contributed by atoms with van der Waals surface area (Å²) in [5.41, 5.74) is 0. The molecule has 2 unspecified atom stereocenters. The molecule has 2 rings (SSSR count). The van der Waals surface area contributed by atoms with Gasteiger partial charge in [0.2, 0.25) is 5.91 Å². The van der Waals surface area contributed by atoms with Crippen molar-refractivity contribution in [2.75, 3.05) is 26.2 Å². The molecular weight excluding hydrogens is 285 g/mol. The van der Waals surface area contributed by atoms with E-state index >= 15 is 0 Å². The summed E-state index contributed by atoms with van der Waals surface area (Å²) in [7, 11) is 0. The standard InChI is InChI=1S/C13H25N3O.2ClH/c1-10-4-5-11(2)16(10)9-13(17)15-7-6-14-8-12(15)3;;/h10-12,14H,4-9H2,1-3H3;2*1H/t10?,11?,12-;;/m0../s1. The molecule has 2 heterocycles. The first-order valence-electron chi connectivity index (χ1n) is 6.85. The summed E-state index contributed by atoms with van der Waals surface area (Å²) in [6, 6.07) is 1.46. The van der Waals surface area contributed by atoms with Crippen LogP contribution in [0.2, 0.25) is 0 Å². The van der Waals surface area contributed by atoms with Gasteiger partial charge in [0.15, 0.2) is 0 Å². The van der Waals surface area contributed by atoms with E-state index in [-0.39, 0.29) is 24.8 Å². The fourth-order valence-electron chi connectivity index (χ4n) is 3.02. The summed E-state index contributed by atoms with van der Waals surface area (Å²) >= 11 is 0. The highest BCUT2D eigenvalue weighted by molar-refractivity contribution is 5.85. The van der Waals surface area contributed by atoms with Crippen LogP contribution in [-0.2, 0) is 4.79 Å². The third-order valence-electron chi connectivity index (χ3n) is 4.27. The molecule has 4 nitrogen and oxygen atoms in total. The van der Waals surface area contributed by atoms with Gasteiger partial charge in [0.05, 0.1) is 6.54 Å². The number of nitrogens with zero attached hydrogens (tertiary/aromatic N) is 2. The molecule has 2 aliphatic heterocycles. The second-order valence-corrected chi connectivity index (χ2v) is 5.59. The maximum absolute atomic E-state index is 12.3. The maximum Gasteiger partial charge on any atom is 0.237 e. The van der Waals surface area contributed by atoms with Gasteiger partial charge in [0.1, 0.15) is 0 Å². The van der Waals surface area contributed by atoms with Crippen LogP contribution in [0.3, 0.4) is 0 Å². The Morgan fingerprint density at radius 1 is 1.11 bits per heavy atom. The average molecular weight is 312 g/mol. The van der Waals surface area contributed by atoms with Crippen LogP contribution in [0, 0.1) is 0 Å². The molecule has 0 radical (unpaired) electrons. The van der Waals surface area contributed by atoms with Gasteiger partial charge in [-0.05, 0) is 33.6 Å². The Labute approximate surface area is 129 Å². The van der Waals surface area contributed by atoms with Crippen LogP contribution < -0.4 is 5.32 Å². The monoisotopic (exact) mass is 311 g/mol. The summed E-state index contributed by atoms with van der Waals surface area (Å²) in [6.45, 7) is 9.91. The van der Waals surface area contributed by atoms with E-state index in [0.29, 0.717) is 30.6 Å². The van der Waals surface area contributed by atoms with Crippen molar-refractivity contribution in [3.05, 3.63) is 0 Å². The third kappa shape index (κ3) is 4.48. The Balaban J connectivity index is 0.00000162. The van der Waals surface area contributed by atoms with Crippen molar-refractivity contribution in [3.8, 4) is 0 Å². The summed E-state index contributed by atoms with van der Waals surface area (Å²) in [5.74, 6) is 0.305. The SMILES string of the molecule is CC1CCC(C)N1CC(=O)N1CCNC[C@@H]1C.Cl.Cl. The first-order valence-corrected chi connectivity index (χ1v) is 6.85. The molecule has 0 spiro atoms. The molecule has 0 bridgehead atoms. The minimum Gasteiger partial charge on any atom is -0.336 e. The van der Waals surface area contributed by atoms with Crippen molar-refractivity contribution in [1.82, 2.24) is 15.1 Å². The Morgan fingerprint density at radius 3 is 2.21 bits per heavy atom. The van der Waals surface area contributed by atoms with E-state index in [4.69, 9.17) is 0 Å². The van der Waals surface area contributed by atoms with Gasteiger partial charge in [0.25, 0.3) is 0 Å². The van der Waals surface area contributed by atoms with Gasteiger partial charge in [-0.25, -0.2) is 0 Å². The van der Waals surface area contributed by atoms with Crippen LogP contribution in [0.15, 0.2) is 0 Å². The molecule has 0 aromatic carbocycles. The van der Waals surface area contributed by atoms with Gasteiger partial charge in [-0.3, -0.25) is 9.69 Å². The molecule has 0 aromatic heterocycles. The van der Waals surface area contributed by atoms with Crippen molar-refractivity contribution < 1.29 is 4.79 Å². The minimum atomic E-state index is 0. The zero-order valence-corrected chi connectivity index (χ0v) is 13.7. The molecule has 1 amide bonds. The Morgan fingerprint density at radius 2 is 1.68 bits per heavy atom. The molecule has 1 N–H and O–H groups in total.